The van der Waals surface area contributed by atoms with E-state index in [2.05, 4.69) is 0 Å². The monoisotopic (exact) mass is 232 g/mol. The Balaban J connectivity index is 2.65. The van der Waals surface area contributed by atoms with Crippen LogP contribution >= 0.6 is 11.8 Å². The molecule has 0 aliphatic rings. The van der Waals surface area contributed by atoms with E-state index in [1.165, 1.54) is 6.07 Å². The SMILES string of the molecule is CC(C)SCC(O)c1ccc(F)c(F)c1. The molecule has 1 aromatic carbocycles. The molecule has 1 N–H and O–H groups in total. The Morgan fingerprint density at radius 2 is 1.93 bits per heavy atom. The number of aliphatic hydroxyl groups excluding tert-OH is 1. The van der Waals surface area contributed by atoms with Crippen LogP contribution in [-0.2, 0) is 0 Å². The van der Waals surface area contributed by atoms with Crippen LogP contribution in [0, 0.1) is 11.6 Å². The second-order valence-electron chi connectivity index (χ2n) is 3.57. The third kappa shape index (κ3) is 3.80. The lowest BCUT2D eigenvalue weighted by Gasteiger charge is -2.12. The molecule has 0 aromatic heterocycles. The van der Waals surface area contributed by atoms with Crippen molar-refractivity contribution in [2.75, 3.05) is 5.75 Å². The van der Waals surface area contributed by atoms with Gasteiger partial charge in [0.25, 0.3) is 0 Å². The highest BCUT2D eigenvalue weighted by Crippen LogP contribution is 2.22. The van der Waals surface area contributed by atoms with Gasteiger partial charge in [0.2, 0.25) is 0 Å². The molecule has 4 heteroatoms. The van der Waals surface area contributed by atoms with E-state index in [0.717, 1.165) is 12.1 Å². The highest BCUT2D eigenvalue weighted by atomic mass is 32.2. The van der Waals surface area contributed by atoms with Crippen LogP contribution in [0.2, 0.25) is 0 Å². The highest BCUT2D eigenvalue weighted by molar-refractivity contribution is 7.99. The average Bonchev–Trinajstić information content (AvgIpc) is 2.18. The van der Waals surface area contributed by atoms with E-state index in [9.17, 15) is 13.9 Å². The molecule has 1 atom stereocenters. The molecule has 1 aromatic rings. The van der Waals surface area contributed by atoms with Gasteiger partial charge >= 0.3 is 0 Å². The maximum atomic E-state index is 12.8. The van der Waals surface area contributed by atoms with E-state index in [-0.39, 0.29) is 0 Å². The molecule has 0 fully saturated rings. The molecule has 15 heavy (non-hydrogen) atoms. The van der Waals surface area contributed by atoms with Gasteiger partial charge in [0.1, 0.15) is 0 Å². The van der Waals surface area contributed by atoms with Gasteiger partial charge in [0.15, 0.2) is 11.6 Å². The van der Waals surface area contributed by atoms with Crippen LogP contribution in [-0.4, -0.2) is 16.1 Å². The van der Waals surface area contributed by atoms with Gasteiger partial charge in [-0.05, 0) is 22.9 Å². The number of hydrogen-bond donors (Lipinski definition) is 1. The Labute approximate surface area is 92.5 Å². The molecule has 0 aliphatic heterocycles. The summed E-state index contributed by atoms with van der Waals surface area (Å²) in [6.07, 6.45) is -0.743. The molecule has 1 rings (SSSR count). The Kier molecular flexibility index (Phi) is 4.54. The summed E-state index contributed by atoms with van der Waals surface area (Å²) in [5.74, 6) is -1.31. The van der Waals surface area contributed by atoms with E-state index < -0.39 is 17.7 Å². The molecule has 0 radical (unpaired) electrons. The molecule has 1 unspecified atom stereocenters. The lowest BCUT2D eigenvalue weighted by molar-refractivity contribution is 0.203. The third-order valence-electron chi connectivity index (χ3n) is 1.92. The summed E-state index contributed by atoms with van der Waals surface area (Å²) in [6.45, 7) is 4.03. The number of aliphatic hydroxyl groups is 1. The van der Waals surface area contributed by atoms with E-state index in [1.807, 2.05) is 13.8 Å². The molecule has 1 nitrogen and oxygen atoms in total. The molecule has 0 amide bonds. The minimum absolute atomic E-state index is 0.407. The van der Waals surface area contributed by atoms with Crippen LogP contribution in [0.1, 0.15) is 25.5 Å². The van der Waals surface area contributed by atoms with Crippen molar-refractivity contribution in [2.24, 2.45) is 0 Å². The van der Waals surface area contributed by atoms with Crippen molar-refractivity contribution in [3.8, 4) is 0 Å². The topological polar surface area (TPSA) is 20.2 Å². The van der Waals surface area contributed by atoms with Gasteiger partial charge in [-0.2, -0.15) is 11.8 Å². The smallest absolute Gasteiger partial charge is 0.159 e. The standard InChI is InChI=1S/C11H14F2OS/c1-7(2)15-6-11(14)8-3-4-9(12)10(13)5-8/h3-5,7,11,14H,6H2,1-2H3. The number of thioether (sulfide) groups is 1. The fraction of sp³-hybridized carbons (Fsp3) is 0.455. The second kappa shape index (κ2) is 5.47. The zero-order valence-corrected chi connectivity index (χ0v) is 9.52. The molecular weight excluding hydrogens is 218 g/mol. The zero-order valence-electron chi connectivity index (χ0n) is 8.71. The first-order valence-electron chi connectivity index (χ1n) is 4.75. The number of benzene rings is 1. The van der Waals surface area contributed by atoms with E-state index in [1.54, 1.807) is 11.8 Å². The van der Waals surface area contributed by atoms with Crippen molar-refractivity contribution < 1.29 is 13.9 Å². The van der Waals surface area contributed by atoms with Gasteiger partial charge < -0.3 is 5.11 Å². The Morgan fingerprint density at radius 1 is 1.27 bits per heavy atom. The largest absolute Gasteiger partial charge is 0.388 e. The number of hydrogen-bond acceptors (Lipinski definition) is 2. The Morgan fingerprint density at radius 3 is 2.47 bits per heavy atom. The van der Waals surface area contributed by atoms with Crippen LogP contribution in [0.4, 0.5) is 8.78 Å². The molecule has 0 saturated heterocycles. The van der Waals surface area contributed by atoms with Crippen molar-refractivity contribution in [1.29, 1.82) is 0 Å². The Hall–Kier alpha value is -0.610. The van der Waals surface area contributed by atoms with Crippen molar-refractivity contribution in [3.63, 3.8) is 0 Å². The maximum Gasteiger partial charge on any atom is 0.159 e. The third-order valence-corrected chi connectivity index (χ3v) is 3.09. The molecule has 0 aliphatic carbocycles. The fourth-order valence-electron chi connectivity index (χ4n) is 1.10. The summed E-state index contributed by atoms with van der Waals surface area (Å²) in [5.41, 5.74) is 0.419. The van der Waals surface area contributed by atoms with Crippen LogP contribution in [0.3, 0.4) is 0 Å². The number of halogens is 2. The van der Waals surface area contributed by atoms with E-state index in [4.69, 9.17) is 0 Å². The second-order valence-corrected chi connectivity index (χ2v) is 5.18. The van der Waals surface area contributed by atoms with Crippen LogP contribution < -0.4 is 0 Å². The summed E-state index contributed by atoms with van der Waals surface area (Å²) in [6, 6.07) is 3.48. The maximum absolute atomic E-state index is 12.8. The van der Waals surface area contributed by atoms with Gasteiger partial charge in [-0.3, -0.25) is 0 Å². The lowest BCUT2D eigenvalue weighted by atomic mass is 10.1. The van der Waals surface area contributed by atoms with E-state index >= 15 is 0 Å². The predicted octanol–water partition coefficient (Wildman–Crippen LogP) is 3.14. The van der Waals surface area contributed by atoms with Crippen molar-refractivity contribution >= 4 is 11.8 Å². The van der Waals surface area contributed by atoms with Crippen molar-refractivity contribution in [1.82, 2.24) is 0 Å². The molecule has 0 spiro atoms. The van der Waals surface area contributed by atoms with Crippen molar-refractivity contribution in [2.45, 2.75) is 25.2 Å². The van der Waals surface area contributed by atoms with Crippen LogP contribution in [0.25, 0.3) is 0 Å². The molecular formula is C11H14F2OS. The molecule has 0 bridgehead atoms. The fourth-order valence-corrected chi connectivity index (χ4v) is 1.86. The predicted molar refractivity (Wildman–Crippen MR) is 58.9 cm³/mol. The Bertz CT molecular complexity index is 328. The van der Waals surface area contributed by atoms with E-state index in [0.29, 0.717) is 16.6 Å². The molecule has 84 valence electrons. The van der Waals surface area contributed by atoms with Crippen LogP contribution in [0.15, 0.2) is 18.2 Å². The average molecular weight is 232 g/mol. The first-order chi connectivity index (χ1) is 7.00. The minimum Gasteiger partial charge on any atom is -0.388 e. The quantitative estimate of drug-likeness (QED) is 0.860. The van der Waals surface area contributed by atoms with Gasteiger partial charge in [-0.25, -0.2) is 8.78 Å². The lowest BCUT2D eigenvalue weighted by Crippen LogP contribution is -2.04. The minimum atomic E-state index is -0.916. The number of rotatable bonds is 4. The van der Waals surface area contributed by atoms with Gasteiger partial charge in [-0.1, -0.05) is 19.9 Å². The summed E-state index contributed by atoms with van der Waals surface area (Å²) in [7, 11) is 0. The molecule has 0 saturated carbocycles. The van der Waals surface area contributed by atoms with Crippen LogP contribution in [0.5, 0.6) is 0 Å². The highest BCUT2D eigenvalue weighted by Gasteiger charge is 2.11. The first kappa shape index (κ1) is 12.5. The first-order valence-corrected chi connectivity index (χ1v) is 5.80. The van der Waals surface area contributed by atoms with Gasteiger partial charge in [0.05, 0.1) is 6.10 Å². The van der Waals surface area contributed by atoms with Crippen molar-refractivity contribution in [3.05, 3.63) is 35.4 Å². The van der Waals surface area contributed by atoms with Gasteiger partial charge in [0, 0.05) is 5.75 Å². The summed E-state index contributed by atoms with van der Waals surface area (Å²) in [4.78, 5) is 0. The molecule has 0 heterocycles. The zero-order chi connectivity index (χ0) is 11.4. The summed E-state index contributed by atoms with van der Waals surface area (Å²) >= 11 is 1.58. The summed E-state index contributed by atoms with van der Waals surface area (Å²) < 4.78 is 25.5. The summed E-state index contributed by atoms with van der Waals surface area (Å²) in [5, 5.41) is 10.1. The normalized spacial score (nSPS) is 13.2. The van der Waals surface area contributed by atoms with Gasteiger partial charge in [-0.15, -0.1) is 0 Å².